The van der Waals surface area contributed by atoms with E-state index >= 15 is 0 Å². The van der Waals surface area contributed by atoms with Gasteiger partial charge in [-0.2, -0.15) is 0 Å². The lowest BCUT2D eigenvalue weighted by Gasteiger charge is -2.37. The van der Waals surface area contributed by atoms with Gasteiger partial charge in [0.15, 0.2) is 0 Å². The molecular weight excluding hydrogens is 530 g/mol. The number of carbonyl (C=O) groups excluding carboxylic acids is 2. The van der Waals surface area contributed by atoms with E-state index in [2.05, 4.69) is 73.8 Å². The van der Waals surface area contributed by atoms with Crippen LogP contribution in [0.2, 0.25) is 0 Å². The highest BCUT2D eigenvalue weighted by molar-refractivity contribution is 7.09. The normalized spacial score (nSPS) is 19.8. The van der Waals surface area contributed by atoms with Crippen molar-refractivity contribution in [1.29, 1.82) is 0 Å². The van der Waals surface area contributed by atoms with Crippen LogP contribution in [0.1, 0.15) is 94.3 Å². The van der Waals surface area contributed by atoms with Crippen LogP contribution in [0.25, 0.3) is 11.0 Å². The van der Waals surface area contributed by atoms with Gasteiger partial charge in [-0.15, -0.1) is 11.3 Å². The zero-order valence-electron chi connectivity index (χ0n) is 25.6. The maximum Gasteiger partial charge on any atom is 0.252 e. The second-order valence-electron chi connectivity index (χ2n) is 12.9. The zero-order valence-corrected chi connectivity index (χ0v) is 26.4. The number of aromatic nitrogens is 2. The van der Waals surface area contributed by atoms with Crippen molar-refractivity contribution in [3.05, 3.63) is 52.0 Å². The molecule has 0 spiro atoms. The second-order valence-corrected chi connectivity index (χ2v) is 13.9. The summed E-state index contributed by atoms with van der Waals surface area (Å²) in [5.41, 5.74) is 2.46. The molecule has 7 nitrogen and oxygen atoms in total. The van der Waals surface area contributed by atoms with Crippen molar-refractivity contribution in [3.63, 3.8) is 0 Å². The van der Waals surface area contributed by atoms with Gasteiger partial charge < -0.3 is 14.8 Å². The second kappa shape index (κ2) is 12.7. The van der Waals surface area contributed by atoms with Crippen LogP contribution in [0, 0.1) is 11.8 Å². The highest BCUT2D eigenvalue weighted by Gasteiger charge is 2.46. The number of nitrogens with one attached hydrogen (secondary N) is 1. The van der Waals surface area contributed by atoms with Gasteiger partial charge in [0.05, 0.1) is 11.0 Å². The Morgan fingerprint density at radius 2 is 1.83 bits per heavy atom. The van der Waals surface area contributed by atoms with E-state index in [1.165, 1.54) is 4.88 Å². The number of piperazine rings is 1. The number of nitrogens with zero attached hydrogens (tertiary/aromatic N) is 4. The Labute approximate surface area is 249 Å². The van der Waals surface area contributed by atoms with E-state index in [-0.39, 0.29) is 17.9 Å². The van der Waals surface area contributed by atoms with Crippen LogP contribution in [-0.2, 0) is 11.2 Å². The fourth-order valence-electron chi connectivity index (χ4n) is 6.89. The van der Waals surface area contributed by atoms with Crippen molar-refractivity contribution in [2.24, 2.45) is 11.8 Å². The number of fused-ring (bicyclic) bond motifs is 3. The third-order valence-corrected chi connectivity index (χ3v) is 9.67. The standard InChI is InChI=1S/C33H47N5O2S/c1-7-24(8-2)38-30-12-11-23(15-28(30)34-31(38)17-27-10-9-13-41-27)32(39)35-29(14-21(3)4)33(40)37-20-25-16-26(37)19-36(25)18-22(5)6/h9-13,15,21-22,24-26,29H,7-8,14,16-20H2,1-6H3,(H,35,39)/t25?,26?,29-/m0/s1. The molecule has 1 N–H and O–H groups in total. The Kier molecular flexibility index (Phi) is 9.19. The van der Waals surface area contributed by atoms with Gasteiger partial charge in [0.1, 0.15) is 11.9 Å². The third-order valence-electron chi connectivity index (χ3n) is 8.79. The smallest absolute Gasteiger partial charge is 0.252 e. The minimum atomic E-state index is -0.521. The summed E-state index contributed by atoms with van der Waals surface area (Å²) in [6.07, 6.45) is 4.50. The van der Waals surface area contributed by atoms with Crippen LogP contribution in [0.5, 0.6) is 0 Å². The number of amides is 2. The van der Waals surface area contributed by atoms with Gasteiger partial charge in [-0.05, 0) is 67.2 Å². The molecule has 2 amide bonds. The third kappa shape index (κ3) is 6.38. The number of carbonyl (C=O) groups is 2. The van der Waals surface area contributed by atoms with E-state index in [9.17, 15) is 9.59 Å². The molecular formula is C33H47N5O2S. The zero-order chi connectivity index (χ0) is 29.3. The van der Waals surface area contributed by atoms with Crippen molar-refractivity contribution < 1.29 is 9.59 Å². The lowest BCUT2D eigenvalue weighted by atomic mass is 10.0. The van der Waals surface area contributed by atoms with Crippen LogP contribution in [-0.4, -0.2) is 68.9 Å². The van der Waals surface area contributed by atoms with Crippen LogP contribution in [0.15, 0.2) is 35.7 Å². The maximum atomic E-state index is 13.8. The molecule has 0 saturated carbocycles. The number of likely N-dealkylation sites (tertiary alicyclic amines) is 2. The van der Waals surface area contributed by atoms with E-state index in [0.29, 0.717) is 35.9 Å². The largest absolute Gasteiger partial charge is 0.340 e. The first kappa shape index (κ1) is 29.8. The monoisotopic (exact) mass is 577 g/mol. The summed E-state index contributed by atoms with van der Waals surface area (Å²) in [6.45, 7) is 16.0. The Hall–Kier alpha value is -2.71. The van der Waals surface area contributed by atoms with Crippen molar-refractivity contribution in [1.82, 2.24) is 24.7 Å². The number of imidazole rings is 1. The lowest BCUT2D eigenvalue weighted by molar-refractivity contribution is -0.136. The highest BCUT2D eigenvalue weighted by atomic mass is 32.1. The summed E-state index contributed by atoms with van der Waals surface area (Å²) in [4.78, 5) is 38.3. The van der Waals surface area contributed by atoms with Crippen molar-refractivity contribution in [3.8, 4) is 0 Å². The quantitative estimate of drug-likeness (QED) is 0.281. The summed E-state index contributed by atoms with van der Waals surface area (Å²) < 4.78 is 2.37. The fourth-order valence-corrected chi connectivity index (χ4v) is 7.59. The summed E-state index contributed by atoms with van der Waals surface area (Å²) in [6, 6.07) is 10.6. The highest BCUT2D eigenvalue weighted by Crippen LogP contribution is 2.32. The molecule has 2 saturated heterocycles. The number of hydrogen-bond acceptors (Lipinski definition) is 5. The number of hydrogen-bond donors (Lipinski definition) is 1. The van der Waals surface area contributed by atoms with Crippen molar-refractivity contribution >= 4 is 34.2 Å². The SMILES string of the molecule is CCC(CC)n1c(Cc2cccs2)nc2cc(C(=O)N[C@@H](CC(C)C)C(=O)N3CC4CC3CN4CC(C)C)ccc21. The van der Waals surface area contributed by atoms with Gasteiger partial charge in [0.25, 0.3) is 5.91 Å². The molecule has 0 radical (unpaired) electrons. The molecule has 0 aliphatic carbocycles. The average molecular weight is 578 g/mol. The predicted molar refractivity (Wildman–Crippen MR) is 168 cm³/mol. The Morgan fingerprint density at radius 3 is 2.44 bits per heavy atom. The van der Waals surface area contributed by atoms with E-state index in [1.807, 2.05) is 23.1 Å². The molecule has 3 atom stereocenters. The molecule has 2 fully saturated rings. The number of rotatable bonds is 12. The summed E-state index contributed by atoms with van der Waals surface area (Å²) >= 11 is 1.75. The van der Waals surface area contributed by atoms with Crippen LogP contribution in [0.3, 0.4) is 0 Å². The fraction of sp³-hybridized carbons (Fsp3) is 0.606. The lowest BCUT2D eigenvalue weighted by Crippen LogP contribution is -2.55. The summed E-state index contributed by atoms with van der Waals surface area (Å²) in [7, 11) is 0. The van der Waals surface area contributed by atoms with E-state index in [0.717, 1.165) is 62.2 Å². The van der Waals surface area contributed by atoms with Gasteiger partial charge in [0, 0.05) is 54.6 Å². The van der Waals surface area contributed by atoms with E-state index < -0.39 is 6.04 Å². The van der Waals surface area contributed by atoms with Gasteiger partial charge in [-0.1, -0.05) is 47.6 Å². The number of thiophene rings is 1. The molecule has 2 aromatic heterocycles. The molecule has 2 bridgehead atoms. The van der Waals surface area contributed by atoms with E-state index in [4.69, 9.17) is 4.98 Å². The number of benzene rings is 1. The molecule has 8 heteroatoms. The molecule has 3 aromatic rings. The first-order valence-electron chi connectivity index (χ1n) is 15.6. The molecule has 2 unspecified atom stereocenters. The minimum absolute atomic E-state index is 0.0704. The Morgan fingerprint density at radius 1 is 1.05 bits per heavy atom. The van der Waals surface area contributed by atoms with Gasteiger partial charge in [-0.25, -0.2) is 4.98 Å². The van der Waals surface area contributed by atoms with E-state index in [1.54, 1.807) is 11.3 Å². The summed E-state index contributed by atoms with van der Waals surface area (Å²) in [5, 5.41) is 5.24. The first-order valence-corrected chi connectivity index (χ1v) is 16.4. The molecule has 4 heterocycles. The van der Waals surface area contributed by atoms with Crippen molar-refractivity contribution in [2.45, 2.75) is 97.8 Å². The first-order chi connectivity index (χ1) is 19.7. The molecule has 222 valence electrons. The Balaban J connectivity index is 1.35. The van der Waals surface area contributed by atoms with Crippen LogP contribution < -0.4 is 5.32 Å². The Bertz CT molecular complexity index is 1340. The van der Waals surface area contributed by atoms with Crippen LogP contribution in [0.4, 0.5) is 0 Å². The van der Waals surface area contributed by atoms with Crippen LogP contribution >= 0.6 is 11.3 Å². The minimum Gasteiger partial charge on any atom is -0.340 e. The topological polar surface area (TPSA) is 70.5 Å². The van der Waals surface area contributed by atoms with Crippen molar-refractivity contribution in [2.75, 3.05) is 19.6 Å². The molecule has 1 aromatic carbocycles. The summed E-state index contributed by atoms with van der Waals surface area (Å²) in [5.74, 6) is 1.82. The van der Waals surface area contributed by atoms with Gasteiger partial charge in [0.2, 0.25) is 5.91 Å². The molecule has 2 aliphatic heterocycles. The molecule has 2 aliphatic rings. The predicted octanol–water partition coefficient (Wildman–Crippen LogP) is 6.14. The average Bonchev–Trinajstić information content (AvgIpc) is 3.73. The molecule has 5 rings (SSSR count). The van der Waals surface area contributed by atoms with Gasteiger partial charge in [-0.3, -0.25) is 14.5 Å². The van der Waals surface area contributed by atoms with Gasteiger partial charge >= 0.3 is 0 Å². The molecule has 41 heavy (non-hydrogen) atoms. The maximum absolute atomic E-state index is 13.8.